The lowest BCUT2D eigenvalue weighted by molar-refractivity contribution is 0.0978. The summed E-state index contributed by atoms with van der Waals surface area (Å²) in [7, 11) is 0. The van der Waals surface area contributed by atoms with Crippen molar-refractivity contribution in [1.29, 1.82) is 0 Å². The largest absolute Gasteiger partial charge is 0.465 e. The van der Waals surface area contributed by atoms with Crippen LogP contribution in [0.15, 0.2) is 16.5 Å². The van der Waals surface area contributed by atoms with E-state index in [-0.39, 0.29) is 5.78 Å². The molecule has 0 spiro atoms. The zero-order valence-corrected chi connectivity index (χ0v) is 15.1. The number of unbranched alkanes of at least 4 members (excludes halogenated alkanes) is 11. The first-order valence-corrected chi connectivity index (χ1v) is 9.47. The summed E-state index contributed by atoms with van der Waals surface area (Å²) in [6, 6.07) is 3.39. The molecule has 1 aromatic heterocycles. The molecule has 0 saturated heterocycles. The Balaban J connectivity index is 1.83. The van der Waals surface area contributed by atoms with Gasteiger partial charge in [0.1, 0.15) is 0 Å². The highest BCUT2D eigenvalue weighted by atomic mass is 16.6. The Labute approximate surface area is 141 Å². The third-order valence-electron chi connectivity index (χ3n) is 4.17. The van der Waals surface area contributed by atoms with E-state index in [1.165, 1.54) is 77.6 Å². The van der Waals surface area contributed by atoms with Crippen LogP contribution in [-0.2, 0) is 0 Å². The Kier molecular flexibility index (Phi) is 11.4. The molecule has 0 fully saturated rings. The maximum Gasteiger partial charge on any atom is 0.284 e. The zero-order valence-electron chi connectivity index (χ0n) is 15.1. The minimum absolute atomic E-state index is 0.0646. The number of hydrogen-bond acceptors (Lipinski definition) is 3. The van der Waals surface area contributed by atoms with Crippen molar-refractivity contribution in [3.63, 3.8) is 0 Å². The number of Topliss-reactive ketones (excluding diaryl/α,β-unsaturated/α-hetero) is 1. The summed E-state index contributed by atoms with van der Waals surface area (Å²) in [6.07, 6.45) is 16.0. The van der Waals surface area contributed by atoms with Gasteiger partial charge >= 0.3 is 0 Å². The molecule has 1 heterocycles. The summed E-state index contributed by atoms with van der Waals surface area (Å²) in [4.78, 5) is 11.1. The molecule has 1 rings (SSSR count). The first-order valence-electron chi connectivity index (χ1n) is 9.47. The minimum atomic E-state index is -0.0646. The van der Waals surface area contributed by atoms with E-state index in [4.69, 9.17) is 9.15 Å². The van der Waals surface area contributed by atoms with Gasteiger partial charge in [0.05, 0.1) is 6.61 Å². The van der Waals surface area contributed by atoms with E-state index in [1.807, 2.05) is 0 Å². The lowest BCUT2D eigenvalue weighted by atomic mass is 10.1. The van der Waals surface area contributed by atoms with Gasteiger partial charge in [-0.25, -0.2) is 0 Å². The van der Waals surface area contributed by atoms with E-state index in [1.54, 1.807) is 12.1 Å². The number of ether oxygens (including phenoxy) is 1. The van der Waals surface area contributed by atoms with Crippen molar-refractivity contribution in [1.82, 2.24) is 0 Å². The lowest BCUT2D eigenvalue weighted by Crippen LogP contribution is -1.96. The second-order valence-electron chi connectivity index (χ2n) is 6.41. The molecular weight excluding hydrogens is 288 g/mol. The number of rotatable bonds is 15. The third-order valence-corrected chi connectivity index (χ3v) is 4.17. The third kappa shape index (κ3) is 10.2. The Hall–Kier alpha value is -1.25. The molecule has 3 nitrogen and oxygen atoms in total. The second-order valence-corrected chi connectivity index (χ2v) is 6.41. The van der Waals surface area contributed by atoms with Crippen LogP contribution in [0, 0.1) is 0 Å². The predicted molar refractivity (Wildman–Crippen MR) is 95.3 cm³/mol. The van der Waals surface area contributed by atoms with Crippen LogP contribution in [0.1, 0.15) is 101 Å². The molecule has 0 aromatic carbocycles. The average molecular weight is 322 g/mol. The first-order chi connectivity index (χ1) is 11.2. The van der Waals surface area contributed by atoms with Crippen molar-refractivity contribution in [2.45, 2.75) is 90.9 Å². The van der Waals surface area contributed by atoms with Gasteiger partial charge in [0.15, 0.2) is 11.5 Å². The Bertz CT molecular complexity index is 409. The van der Waals surface area contributed by atoms with Crippen LogP contribution < -0.4 is 4.74 Å². The quantitative estimate of drug-likeness (QED) is 0.271. The van der Waals surface area contributed by atoms with Crippen LogP contribution >= 0.6 is 0 Å². The van der Waals surface area contributed by atoms with E-state index >= 15 is 0 Å². The summed E-state index contributed by atoms with van der Waals surface area (Å²) in [5.41, 5.74) is 0. The van der Waals surface area contributed by atoms with Crippen LogP contribution in [0.3, 0.4) is 0 Å². The molecule has 0 radical (unpaired) electrons. The molecule has 0 N–H and O–H groups in total. The van der Waals surface area contributed by atoms with Crippen LogP contribution in [-0.4, -0.2) is 12.4 Å². The molecule has 0 unspecified atom stereocenters. The van der Waals surface area contributed by atoms with Gasteiger partial charge in [0.2, 0.25) is 0 Å². The smallest absolute Gasteiger partial charge is 0.284 e. The van der Waals surface area contributed by atoms with Gasteiger partial charge in [-0.05, 0) is 12.5 Å². The highest BCUT2D eigenvalue weighted by Crippen LogP contribution is 2.17. The summed E-state index contributed by atoms with van der Waals surface area (Å²) >= 11 is 0. The van der Waals surface area contributed by atoms with E-state index in [9.17, 15) is 4.79 Å². The van der Waals surface area contributed by atoms with E-state index in [2.05, 4.69) is 6.92 Å². The summed E-state index contributed by atoms with van der Waals surface area (Å²) in [5, 5.41) is 0. The zero-order chi connectivity index (χ0) is 16.8. The molecule has 0 saturated carbocycles. The van der Waals surface area contributed by atoms with Gasteiger partial charge in [0.25, 0.3) is 5.95 Å². The van der Waals surface area contributed by atoms with Crippen molar-refractivity contribution in [3.05, 3.63) is 17.9 Å². The second kappa shape index (κ2) is 13.2. The van der Waals surface area contributed by atoms with Crippen molar-refractivity contribution in [3.8, 4) is 5.95 Å². The van der Waals surface area contributed by atoms with Gasteiger partial charge in [0, 0.05) is 13.0 Å². The number of furan rings is 1. The van der Waals surface area contributed by atoms with Gasteiger partial charge < -0.3 is 9.15 Å². The number of hydrogen-bond donors (Lipinski definition) is 0. The fourth-order valence-electron chi connectivity index (χ4n) is 2.70. The van der Waals surface area contributed by atoms with Crippen LogP contribution in [0.5, 0.6) is 5.95 Å². The van der Waals surface area contributed by atoms with E-state index in [0.717, 1.165) is 6.42 Å². The Morgan fingerprint density at radius 1 is 0.870 bits per heavy atom. The molecular formula is C20H34O3. The first kappa shape index (κ1) is 19.8. The van der Waals surface area contributed by atoms with E-state index in [0.29, 0.717) is 18.3 Å². The highest BCUT2D eigenvalue weighted by molar-refractivity contribution is 5.91. The highest BCUT2D eigenvalue weighted by Gasteiger charge is 2.06. The Morgan fingerprint density at radius 3 is 1.87 bits per heavy atom. The normalized spacial score (nSPS) is 10.9. The molecule has 0 aliphatic heterocycles. The molecule has 0 aliphatic carbocycles. The van der Waals surface area contributed by atoms with Crippen molar-refractivity contribution in [2.75, 3.05) is 6.61 Å². The van der Waals surface area contributed by atoms with Crippen molar-refractivity contribution < 1.29 is 13.9 Å². The fourth-order valence-corrected chi connectivity index (χ4v) is 2.70. The number of carbonyl (C=O) groups excluding carboxylic acids is 1. The fraction of sp³-hybridized carbons (Fsp3) is 0.750. The van der Waals surface area contributed by atoms with Crippen LogP contribution in [0.25, 0.3) is 0 Å². The van der Waals surface area contributed by atoms with Crippen LogP contribution in [0.4, 0.5) is 0 Å². The molecule has 132 valence electrons. The lowest BCUT2D eigenvalue weighted by Gasteiger charge is -2.04. The molecule has 0 aliphatic rings. The van der Waals surface area contributed by atoms with Crippen molar-refractivity contribution in [2.24, 2.45) is 0 Å². The van der Waals surface area contributed by atoms with Crippen molar-refractivity contribution >= 4 is 5.78 Å². The standard InChI is InChI=1S/C20H34O3/c1-3-4-5-6-7-8-9-10-11-12-13-14-17-22-20-16-15-19(23-20)18(2)21/h15-16H,3-14,17H2,1-2H3. The topological polar surface area (TPSA) is 39.4 Å². The maximum absolute atomic E-state index is 11.1. The molecule has 1 aromatic rings. The maximum atomic E-state index is 11.1. The molecule has 0 atom stereocenters. The predicted octanol–water partition coefficient (Wildman–Crippen LogP) is 6.56. The number of ketones is 1. The molecule has 23 heavy (non-hydrogen) atoms. The van der Waals surface area contributed by atoms with Gasteiger partial charge in [-0.3, -0.25) is 4.79 Å². The monoisotopic (exact) mass is 322 g/mol. The van der Waals surface area contributed by atoms with E-state index < -0.39 is 0 Å². The SMILES string of the molecule is CCCCCCCCCCCCCCOc1ccc(C(C)=O)o1. The average Bonchev–Trinajstić information content (AvgIpc) is 3.01. The molecule has 3 heteroatoms. The number of carbonyl (C=O) groups is 1. The molecule has 0 bridgehead atoms. The van der Waals surface area contributed by atoms with Gasteiger partial charge in [-0.2, -0.15) is 0 Å². The van der Waals surface area contributed by atoms with Gasteiger partial charge in [-0.1, -0.05) is 77.6 Å². The summed E-state index contributed by atoms with van der Waals surface area (Å²) in [6.45, 7) is 4.43. The molecule has 0 amide bonds. The van der Waals surface area contributed by atoms with Gasteiger partial charge in [-0.15, -0.1) is 0 Å². The Morgan fingerprint density at radius 2 is 1.39 bits per heavy atom. The summed E-state index contributed by atoms with van der Waals surface area (Å²) in [5.74, 6) is 0.762. The summed E-state index contributed by atoms with van der Waals surface area (Å²) < 4.78 is 10.8. The van der Waals surface area contributed by atoms with Crippen LogP contribution in [0.2, 0.25) is 0 Å². The minimum Gasteiger partial charge on any atom is -0.465 e.